The molecule has 1 N–H and O–H groups in total. The first-order valence-electron chi connectivity index (χ1n) is 6.06. The van der Waals surface area contributed by atoms with Crippen molar-refractivity contribution in [3.05, 3.63) is 63.9 Å². The highest BCUT2D eigenvalue weighted by molar-refractivity contribution is 9.10. The summed E-state index contributed by atoms with van der Waals surface area (Å²) in [5.41, 5.74) is 3.80. The number of aryl methyl sites for hydroxylation is 1. The Hall–Kier alpha value is -1.19. The fourth-order valence-electron chi connectivity index (χ4n) is 1.88. The second-order valence-corrected chi connectivity index (χ2v) is 5.28. The van der Waals surface area contributed by atoms with Crippen molar-refractivity contribution < 1.29 is 0 Å². The molecule has 0 aliphatic carbocycles. The van der Waals surface area contributed by atoms with Gasteiger partial charge in [0.05, 0.1) is 0 Å². The van der Waals surface area contributed by atoms with E-state index in [1.165, 1.54) is 16.7 Å². The average Bonchev–Trinajstić information content (AvgIpc) is 2.38. The van der Waals surface area contributed by atoms with Gasteiger partial charge in [-0.05, 0) is 42.7 Å². The highest BCUT2D eigenvalue weighted by atomic mass is 79.9. The van der Waals surface area contributed by atoms with Crippen LogP contribution in [0, 0.1) is 6.92 Å². The summed E-state index contributed by atoms with van der Waals surface area (Å²) in [5, 5.41) is 3.53. The lowest BCUT2D eigenvalue weighted by Crippen LogP contribution is -2.19. The Morgan fingerprint density at radius 2 is 2.06 bits per heavy atom. The van der Waals surface area contributed by atoms with Crippen molar-refractivity contribution in [2.75, 3.05) is 0 Å². The van der Waals surface area contributed by atoms with E-state index in [0.717, 1.165) is 11.0 Å². The zero-order chi connectivity index (χ0) is 13.0. The normalized spacial score (nSPS) is 12.4. The molecule has 1 atom stereocenters. The second-order valence-electron chi connectivity index (χ2n) is 4.43. The van der Waals surface area contributed by atoms with Crippen molar-refractivity contribution in [3.8, 4) is 0 Å². The van der Waals surface area contributed by atoms with Crippen LogP contribution in [0.15, 0.2) is 47.2 Å². The summed E-state index contributed by atoms with van der Waals surface area (Å²) in [6.45, 7) is 5.12. The van der Waals surface area contributed by atoms with E-state index in [-0.39, 0.29) is 0 Å². The van der Waals surface area contributed by atoms with Gasteiger partial charge in [-0.15, -0.1) is 0 Å². The van der Waals surface area contributed by atoms with Gasteiger partial charge in [-0.3, -0.25) is 4.98 Å². The maximum absolute atomic E-state index is 4.16. The molecule has 3 heteroatoms. The quantitative estimate of drug-likeness (QED) is 0.923. The first kappa shape index (κ1) is 13.2. The number of pyridine rings is 1. The van der Waals surface area contributed by atoms with E-state index < -0.39 is 0 Å². The Morgan fingerprint density at radius 1 is 1.28 bits per heavy atom. The maximum atomic E-state index is 4.16. The molecular weight excluding hydrogens is 288 g/mol. The fourth-order valence-corrected chi connectivity index (χ4v) is 2.51. The molecule has 0 bridgehead atoms. The van der Waals surface area contributed by atoms with E-state index in [9.17, 15) is 0 Å². The van der Waals surface area contributed by atoms with Crippen LogP contribution in [0.2, 0.25) is 0 Å². The van der Waals surface area contributed by atoms with Crippen LogP contribution in [0.25, 0.3) is 0 Å². The molecule has 1 heterocycles. The third-order valence-corrected chi connectivity index (χ3v) is 3.84. The minimum atomic E-state index is 0.306. The molecule has 0 saturated carbocycles. The van der Waals surface area contributed by atoms with Crippen LogP contribution in [0.5, 0.6) is 0 Å². The number of nitrogens with zero attached hydrogens (tertiary/aromatic N) is 1. The van der Waals surface area contributed by atoms with E-state index in [1.54, 1.807) is 0 Å². The molecule has 0 amide bonds. The van der Waals surface area contributed by atoms with E-state index in [2.05, 4.69) is 58.3 Å². The Bertz CT molecular complexity index is 525. The van der Waals surface area contributed by atoms with E-state index in [0.29, 0.717) is 6.04 Å². The lowest BCUT2D eigenvalue weighted by Gasteiger charge is -2.16. The van der Waals surface area contributed by atoms with Crippen molar-refractivity contribution in [2.45, 2.75) is 26.4 Å². The van der Waals surface area contributed by atoms with Gasteiger partial charge in [0, 0.05) is 29.5 Å². The first-order chi connectivity index (χ1) is 8.68. The Balaban J connectivity index is 2.03. The van der Waals surface area contributed by atoms with Crippen LogP contribution in [0.3, 0.4) is 0 Å². The monoisotopic (exact) mass is 304 g/mol. The van der Waals surface area contributed by atoms with E-state index in [1.807, 2.05) is 24.5 Å². The third-order valence-electron chi connectivity index (χ3n) is 3.12. The molecular formula is C15H17BrN2. The van der Waals surface area contributed by atoms with E-state index in [4.69, 9.17) is 0 Å². The van der Waals surface area contributed by atoms with Crippen LogP contribution in [0.1, 0.15) is 29.7 Å². The number of hydrogen-bond acceptors (Lipinski definition) is 2. The van der Waals surface area contributed by atoms with Gasteiger partial charge in [0.2, 0.25) is 0 Å². The SMILES string of the molecule is Cc1ccncc1CN[C@H](C)c1ccccc1Br. The van der Waals surface area contributed by atoms with Crippen LogP contribution in [0.4, 0.5) is 0 Å². The lowest BCUT2D eigenvalue weighted by atomic mass is 10.1. The van der Waals surface area contributed by atoms with Crippen LogP contribution in [-0.4, -0.2) is 4.98 Å². The third kappa shape index (κ3) is 3.18. The van der Waals surface area contributed by atoms with Crippen molar-refractivity contribution in [2.24, 2.45) is 0 Å². The molecule has 0 fully saturated rings. The minimum absolute atomic E-state index is 0.306. The molecule has 0 radical (unpaired) electrons. The summed E-state index contributed by atoms with van der Waals surface area (Å²) in [6, 6.07) is 10.7. The number of rotatable bonds is 4. The number of aromatic nitrogens is 1. The van der Waals surface area contributed by atoms with Crippen LogP contribution >= 0.6 is 15.9 Å². The van der Waals surface area contributed by atoms with Gasteiger partial charge in [-0.25, -0.2) is 0 Å². The highest BCUT2D eigenvalue weighted by Crippen LogP contribution is 2.23. The zero-order valence-corrected chi connectivity index (χ0v) is 12.2. The van der Waals surface area contributed by atoms with Gasteiger partial charge in [0.1, 0.15) is 0 Å². The smallest absolute Gasteiger partial charge is 0.0315 e. The van der Waals surface area contributed by atoms with E-state index >= 15 is 0 Å². The maximum Gasteiger partial charge on any atom is 0.0315 e. The van der Waals surface area contributed by atoms with Crippen LogP contribution < -0.4 is 5.32 Å². The summed E-state index contributed by atoms with van der Waals surface area (Å²) in [7, 11) is 0. The lowest BCUT2D eigenvalue weighted by molar-refractivity contribution is 0.570. The van der Waals surface area contributed by atoms with Gasteiger partial charge < -0.3 is 5.32 Å². The van der Waals surface area contributed by atoms with Gasteiger partial charge in [-0.2, -0.15) is 0 Å². The van der Waals surface area contributed by atoms with Crippen LogP contribution in [-0.2, 0) is 6.54 Å². The molecule has 0 spiro atoms. The van der Waals surface area contributed by atoms with Crippen molar-refractivity contribution in [1.29, 1.82) is 0 Å². The number of hydrogen-bond donors (Lipinski definition) is 1. The Kier molecular flexibility index (Phi) is 4.50. The topological polar surface area (TPSA) is 24.9 Å². The molecule has 2 rings (SSSR count). The number of benzene rings is 1. The van der Waals surface area contributed by atoms with Crippen molar-refractivity contribution >= 4 is 15.9 Å². The Morgan fingerprint density at radius 3 is 2.78 bits per heavy atom. The zero-order valence-electron chi connectivity index (χ0n) is 10.7. The molecule has 0 saturated heterocycles. The number of nitrogens with one attached hydrogen (secondary N) is 1. The molecule has 1 aromatic heterocycles. The summed E-state index contributed by atoms with van der Waals surface area (Å²) in [4.78, 5) is 4.16. The van der Waals surface area contributed by atoms with Gasteiger partial charge in [-0.1, -0.05) is 34.1 Å². The van der Waals surface area contributed by atoms with Gasteiger partial charge >= 0.3 is 0 Å². The molecule has 0 aliphatic heterocycles. The molecule has 0 aliphatic rings. The summed E-state index contributed by atoms with van der Waals surface area (Å²) < 4.78 is 1.15. The number of halogens is 1. The van der Waals surface area contributed by atoms with Crippen molar-refractivity contribution in [1.82, 2.24) is 10.3 Å². The molecule has 0 unspecified atom stereocenters. The highest BCUT2D eigenvalue weighted by Gasteiger charge is 2.08. The van der Waals surface area contributed by atoms with Crippen molar-refractivity contribution in [3.63, 3.8) is 0 Å². The first-order valence-corrected chi connectivity index (χ1v) is 6.85. The average molecular weight is 305 g/mol. The minimum Gasteiger partial charge on any atom is -0.306 e. The standard InChI is InChI=1S/C15H17BrN2/c1-11-7-8-17-9-13(11)10-18-12(2)14-5-3-4-6-15(14)16/h3-9,12,18H,10H2,1-2H3/t12-/m1/s1. The largest absolute Gasteiger partial charge is 0.306 e. The van der Waals surface area contributed by atoms with Gasteiger partial charge in [0.25, 0.3) is 0 Å². The molecule has 2 nitrogen and oxygen atoms in total. The molecule has 94 valence electrons. The summed E-state index contributed by atoms with van der Waals surface area (Å²) in [5.74, 6) is 0. The van der Waals surface area contributed by atoms with Gasteiger partial charge in [0.15, 0.2) is 0 Å². The molecule has 1 aromatic carbocycles. The summed E-state index contributed by atoms with van der Waals surface area (Å²) >= 11 is 3.59. The Labute approximate surface area is 117 Å². The summed E-state index contributed by atoms with van der Waals surface area (Å²) in [6.07, 6.45) is 3.76. The predicted octanol–water partition coefficient (Wildman–Crippen LogP) is 4.00. The fraction of sp³-hybridized carbons (Fsp3) is 0.267. The molecule has 18 heavy (non-hydrogen) atoms. The molecule has 2 aromatic rings. The predicted molar refractivity (Wildman–Crippen MR) is 78.4 cm³/mol. The second kappa shape index (κ2) is 6.12.